The molecule has 1 atom stereocenters. The van der Waals surface area contributed by atoms with E-state index >= 15 is 0 Å². The molecule has 0 spiro atoms. The molecule has 0 aromatic rings. The van der Waals surface area contributed by atoms with Crippen molar-refractivity contribution in [3.63, 3.8) is 0 Å². The summed E-state index contributed by atoms with van der Waals surface area (Å²) in [7, 11) is 0. The van der Waals surface area contributed by atoms with Gasteiger partial charge in [-0.3, -0.25) is 4.79 Å². The monoisotopic (exact) mass is 193 g/mol. The second-order valence-corrected chi connectivity index (χ2v) is 4.60. The van der Waals surface area contributed by atoms with Crippen molar-refractivity contribution in [1.82, 2.24) is 0 Å². The van der Waals surface area contributed by atoms with E-state index in [1.807, 2.05) is 13.8 Å². The van der Waals surface area contributed by atoms with Gasteiger partial charge in [0.2, 0.25) is 0 Å². The van der Waals surface area contributed by atoms with Gasteiger partial charge in [0.15, 0.2) is 5.78 Å². The minimum absolute atomic E-state index is 0.185. The smallest absolute Gasteiger partial charge is 0.155 e. The molecule has 1 aliphatic rings. The summed E-state index contributed by atoms with van der Waals surface area (Å²) in [5.41, 5.74) is -0.185. The third-order valence-electron chi connectivity index (χ3n) is 3.35. The van der Waals surface area contributed by atoms with Gasteiger partial charge in [0.1, 0.15) is 5.92 Å². The predicted molar refractivity (Wildman–Crippen MR) is 55.6 cm³/mol. The van der Waals surface area contributed by atoms with Crippen molar-refractivity contribution in [2.24, 2.45) is 11.3 Å². The summed E-state index contributed by atoms with van der Waals surface area (Å²) in [5.74, 6) is -0.164. The quantitative estimate of drug-likeness (QED) is 0.688. The first kappa shape index (κ1) is 11.2. The highest BCUT2D eigenvalue weighted by atomic mass is 16.1. The molecule has 0 bridgehead atoms. The van der Waals surface area contributed by atoms with E-state index in [9.17, 15) is 4.79 Å². The highest BCUT2D eigenvalue weighted by Crippen LogP contribution is 2.40. The molecule has 1 aliphatic carbocycles. The van der Waals surface area contributed by atoms with Gasteiger partial charge in [0.25, 0.3) is 0 Å². The second kappa shape index (κ2) is 4.59. The van der Waals surface area contributed by atoms with E-state index in [2.05, 4.69) is 6.07 Å². The van der Waals surface area contributed by atoms with Crippen molar-refractivity contribution < 1.29 is 4.79 Å². The fraction of sp³-hybridized carbons (Fsp3) is 0.833. The molecular formula is C12H19NO. The van der Waals surface area contributed by atoms with E-state index in [1.54, 1.807) is 0 Å². The van der Waals surface area contributed by atoms with Crippen molar-refractivity contribution >= 4 is 5.78 Å². The number of Topliss-reactive ketones (excluding diaryl/α,β-unsaturated/α-hetero) is 1. The lowest BCUT2D eigenvalue weighted by Gasteiger charge is -2.24. The molecule has 0 aromatic heterocycles. The van der Waals surface area contributed by atoms with Crippen LogP contribution in [0.1, 0.15) is 52.4 Å². The van der Waals surface area contributed by atoms with Crippen molar-refractivity contribution in [2.45, 2.75) is 52.4 Å². The highest BCUT2D eigenvalue weighted by Gasteiger charge is 2.39. The third kappa shape index (κ3) is 2.15. The number of hydrogen-bond acceptors (Lipinski definition) is 2. The van der Waals surface area contributed by atoms with Gasteiger partial charge in [-0.2, -0.15) is 5.26 Å². The Balaban J connectivity index is 2.67. The summed E-state index contributed by atoms with van der Waals surface area (Å²) in [6.07, 6.45) is 5.89. The highest BCUT2D eigenvalue weighted by molar-refractivity contribution is 5.88. The van der Waals surface area contributed by atoms with Crippen LogP contribution in [-0.4, -0.2) is 5.78 Å². The first-order valence-electron chi connectivity index (χ1n) is 5.58. The van der Waals surface area contributed by atoms with Gasteiger partial charge in [0, 0.05) is 5.41 Å². The van der Waals surface area contributed by atoms with Gasteiger partial charge in [0.05, 0.1) is 6.07 Å². The van der Waals surface area contributed by atoms with Crippen LogP contribution in [0, 0.1) is 22.7 Å². The topological polar surface area (TPSA) is 40.9 Å². The molecule has 14 heavy (non-hydrogen) atoms. The van der Waals surface area contributed by atoms with Crippen molar-refractivity contribution in [3.05, 3.63) is 0 Å². The Bertz CT molecular complexity index is 246. The van der Waals surface area contributed by atoms with E-state index in [-0.39, 0.29) is 17.1 Å². The zero-order chi connectivity index (χ0) is 10.6. The van der Waals surface area contributed by atoms with Crippen LogP contribution >= 0.6 is 0 Å². The first-order valence-corrected chi connectivity index (χ1v) is 5.58. The summed E-state index contributed by atoms with van der Waals surface area (Å²) in [4.78, 5) is 12.1. The molecule has 0 saturated heterocycles. The molecule has 1 rings (SSSR count). The molecule has 2 heteroatoms. The zero-order valence-corrected chi connectivity index (χ0v) is 9.18. The van der Waals surface area contributed by atoms with Gasteiger partial charge < -0.3 is 0 Å². The maximum Gasteiger partial charge on any atom is 0.155 e. The van der Waals surface area contributed by atoms with Gasteiger partial charge >= 0.3 is 0 Å². The van der Waals surface area contributed by atoms with E-state index in [1.165, 1.54) is 0 Å². The normalized spacial score (nSPS) is 21.5. The lowest BCUT2D eigenvalue weighted by molar-refractivity contribution is -0.130. The summed E-state index contributed by atoms with van der Waals surface area (Å²) < 4.78 is 0. The number of hydrogen-bond donors (Lipinski definition) is 0. The first-order chi connectivity index (χ1) is 6.64. The number of rotatable bonds is 4. The molecule has 0 aromatic carbocycles. The number of carbonyl (C=O) groups excluding carboxylic acids is 1. The molecule has 0 N–H and O–H groups in total. The maximum atomic E-state index is 12.1. The van der Waals surface area contributed by atoms with Crippen molar-refractivity contribution in [1.29, 1.82) is 5.26 Å². The standard InChI is InChI=1S/C12H19NO/c1-3-6-10(9-13)11(14)12(2)7-4-5-8-12/h10H,3-8H2,1-2H3. The lowest BCUT2D eigenvalue weighted by atomic mass is 9.77. The summed E-state index contributed by atoms with van der Waals surface area (Å²) in [6.45, 7) is 4.05. The Labute approximate surface area is 86.3 Å². The third-order valence-corrected chi connectivity index (χ3v) is 3.35. The average molecular weight is 193 g/mol. The maximum absolute atomic E-state index is 12.1. The van der Waals surface area contributed by atoms with Crippen LogP contribution in [0.2, 0.25) is 0 Å². The summed E-state index contributed by atoms with van der Waals surface area (Å²) >= 11 is 0. The Hall–Kier alpha value is -0.840. The Morgan fingerprint density at radius 1 is 1.50 bits per heavy atom. The Morgan fingerprint density at radius 3 is 2.50 bits per heavy atom. The molecule has 1 fully saturated rings. The summed E-state index contributed by atoms with van der Waals surface area (Å²) in [5, 5.41) is 8.93. The number of nitrogens with zero attached hydrogens (tertiary/aromatic N) is 1. The van der Waals surface area contributed by atoms with Gasteiger partial charge in [-0.15, -0.1) is 0 Å². The lowest BCUT2D eigenvalue weighted by Crippen LogP contribution is -2.30. The van der Waals surface area contributed by atoms with E-state index < -0.39 is 0 Å². The molecule has 0 amide bonds. The molecule has 1 saturated carbocycles. The van der Waals surface area contributed by atoms with Crippen molar-refractivity contribution in [3.8, 4) is 6.07 Å². The Kier molecular flexibility index (Phi) is 3.69. The molecule has 78 valence electrons. The minimum atomic E-state index is -0.358. The molecule has 0 radical (unpaired) electrons. The van der Waals surface area contributed by atoms with E-state index in [4.69, 9.17) is 5.26 Å². The SMILES string of the molecule is CCCC(C#N)C(=O)C1(C)CCCC1. The van der Waals surface area contributed by atoms with Gasteiger partial charge in [-0.05, 0) is 19.3 Å². The second-order valence-electron chi connectivity index (χ2n) is 4.60. The van der Waals surface area contributed by atoms with Crippen LogP contribution in [0.15, 0.2) is 0 Å². The van der Waals surface area contributed by atoms with E-state index in [0.717, 1.165) is 38.5 Å². The van der Waals surface area contributed by atoms with Crippen LogP contribution < -0.4 is 0 Å². The van der Waals surface area contributed by atoms with Crippen LogP contribution in [-0.2, 0) is 4.79 Å². The molecular weight excluding hydrogens is 174 g/mol. The predicted octanol–water partition coefficient (Wildman–Crippen LogP) is 3.08. The molecule has 0 heterocycles. The molecule has 2 nitrogen and oxygen atoms in total. The van der Waals surface area contributed by atoms with Crippen LogP contribution in [0.4, 0.5) is 0 Å². The number of carbonyl (C=O) groups is 1. The van der Waals surface area contributed by atoms with Crippen LogP contribution in [0.25, 0.3) is 0 Å². The Morgan fingerprint density at radius 2 is 2.07 bits per heavy atom. The number of nitriles is 1. The van der Waals surface area contributed by atoms with Crippen LogP contribution in [0.5, 0.6) is 0 Å². The van der Waals surface area contributed by atoms with Gasteiger partial charge in [-0.1, -0.05) is 33.1 Å². The molecule has 1 unspecified atom stereocenters. The fourth-order valence-electron chi connectivity index (χ4n) is 2.37. The number of ketones is 1. The molecule has 0 aliphatic heterocycles. The average Bonchev–Trinajstić information content (AvgIpc) is 2.62. The van der Waals surface area contributed by atoms with Crippen LogP contribution in [0.3, 0.4) is 0 Å². The summed E-state index contributed by atoms with van der Waals surface area (Å²) in [6, 6.07) is 2.16. The van der Waals surface area contributed by atoms with Gasteiger partial charge in [-0.25, -0.2) is 0 Å². The van der Waals surface area contributed by atoms with Crippen molar-refractivity contribution in [2.75, 3.05) is 0 Å². The fourth-order valence-corrected chi connectivity index (χ4v) is 2.37. The zero-order valence-electron chi connectivity index (χ0n) is 9.18. The largest absolute Gasteiger partial charge is 0.298 e. The van der Waals surface area contributed by atoms with E-state index in [0.29, 0.717) is 0 Å². The minimum Gasteiger partial charge on any atom is -0.298 e.